The molecule has 0 aliphatic carbocycles. The van der Waals surface area contributed by atoms with Gasteiger partial charge in [-0.05, 0) is 30.5 Å². The lowest BCUT2D eigenvalue weighted by Gasteiger charge is -2.14. The number of anilines is 1. The second kappa shape index (κ2) is 6.30. The van der Waals surface area contributed by atoms with Gasteiger partial charge in [-0.3, -0.25) is 4.98 Å². The summed E-state index contributed by atoms with van der Waals surface area (Å²) < 4.78 is 38.1. The summed E-state index contributed by atoms with van der Waals surface area (Å²) in [6.07, 6.45) is -2.20. The van der Waals surface area contributed by atoms with Gasteiger partial charge in [0.25, 0.3) is 0 Å². The zero-order valence-corrected chi connectivity index (χ0v) is 11.6. The fourth-order valence-electron chi connectivity index (χ4n) is 2.09. The zero-order valence-electron chi connectivity index (χ0n) is 11.6. The lowest BCUT2D eigenvalue weighted by Crippen LogP contribution is -2.13. The van der Waals surface area contributed by atoms with Gasteiger partial charge in [0.05, 0.1) is 11.1 Å². The summed E-state index contributed by atoms with van der Waals surface area (Å²) in [4.78, 5) is 4.00. The van der Waals surface area contributed by atoms with Gasteiger partial charge in [-0.25, -0.2) is 0 Å². The van der Waals surface area contributed by atoms with Crippen molar-refractivity contribution in [1.82, 2.24) is 4.98 Å². The van der Waals surface area contributed by atoms with E-state index in [9.17, 15) is 13.2 Å². The number of aromatic nitrogens is 1. The van der Waals surface area contributed by atoms with Crippen molar-refractivity contribution < 1.29 is 18.3 Å². The molecule has 0 saturated heterocycles. The van der Waals surface area contributed by atoms with E-state index in [4.69, 9.17) is 5.11 Å². The van der Waals surface area contributed by atoms with Gasteiger partial charge in [-0.15, -0.1) is 0 Å². The maximum atomic E-state index is 12.7. The maximum absolute atomic E-state index is 12.7. The second-order valence-corrected chi connectivity index (χ2v) is 5.09. The predicted molar refractivity (Wildman–Crippen MR) is 76.1 cm³/mol. The van der Waals surface area contributed by atoms with Crippen molar-refractivity contribution in [2.24, 2.45) is 5.92 Å². The molecule has 0 aliphatic rings. The van der Waals surface area contributed by atoms with Crippen molar-refractivity contribution >= 4 is 16.6 Å². The van der Waals surface area contributed by atoms with Crippen LogP contribution in [0.25, 0.3) is 10.9 Å². The SMILES string of the molecule is CC(CCO)CNc1ccnc2cc(C(F)(F)F)ccc12. The van der Waals surface area contributed by atoms with Crippen molar-refractivity contribution in [1.29, 1.82) is 0 Å². The lowest BCUT2D eigenvalue weighted by molar-refractivity contribution is -0.137. The monoisotopic (exact) mass is 298 g/mol. The molecule has 1 unspecified atom stereocenters. The number of benzene rings is 1. The Balaban J connectivity index is 2.26. The first-order chi connectivity index (χ1) is 9.91. The average Bonchev–Trinajstić information content (AvgIpc) is 2.43. The van der Waals surface area contributed by atoms with E-state index in [2.05, 4.69) is 10.3 Å². The Morgan fingerprint density at radius 3 is 2.71 bits per heavy atom. The van der Waals surface area contributed by atoms with Crippen molar-refractivity contribution in [3.63, 3.8) is 0 Å². The number of fused-ring (bicyclic) bond motifs is 1. The third-order valence-corrected chi connectivity index (χ3v) is 3.33. The molecule has 0 saturated carbocycles. The van der Waals surface area contributed by atoms with Crippen LogP contribution in [0.5, 0.6) is 0 Å². The molecule has 1 heterocycles. The molecule has 1 atom stereocenters. The summed E-state index contributed by atoms with van der Waals surface area (Å²) in [5.41, 5.74) is 0.358. The quantitative estimate of drug-likeness (QED) is 0.885. The van der Waals surface area contributed by atoms with Crippen LogP contribution in [0.3, 0.4) is 0 Å². The van der Waals surface area contributed by atoms with E-state index in [1.54, 1.807) is 6.07 Å². The van der Waals surface area contributed by atoms with E-state index in [1.165, 1.54) is 12.3 Å². The fourth-order valence-corrected chi connectivity index (χ4v) is 2.09. The Labute approximate surface area is 120 Å². The molecule has 0 bridgehead atoms. The van der Waals surface area contributed by atoms with Crippen LogP contribution in [-0.4, -0.2) is 23.2 Å². The molecule has 1 aromatic heterocycles. The van der Waals surface area contributed by atoms with Gasteiger partial charge in [0.15, 0.2) is 0 Å². The first-order valence-electron chi connectivity index (χ1n) is 6.72. The highest BCUT2D eigenvalue weighted by Gasteiger charge is 2.30. The Hall–Kier alpha value is -1.82. The van der Waals surface area contributed by atoms with Gasteiger partial charge in [-0.1, -0.05) is 13.0 Å². The molecule has 2 N–H and O–H groups in total. The van der Waals surface area contributed by atoms with Gasteiger partial charge in [-0.2, -0.15) is 13.2 Å². The van der Waals surface area contributed by atoms with Gasteiger partial charge in [0, 0.05) is 30.4 Å². The number of rotatable bonds is 5. The topological polar surface area (TPSA) is 45.1 Å². The van der Waals surface area contributed by atoms with Crippen LogP contribution in [0.15, 0.2) is 30.5 Å². The van der Waals surface area contributed by atoms with Gasteiger partial charge in [0.2, 0.25) is 0 Å². The van der Waals surface area contributed by atoms with E-state index < -0.39 is 11.7 Å². The Morgan fingerprint density at radius 1 is 1.29 bits per heavy atom. The van der Waals surface area contributed by atoms with Crippen LogP contribution in [0, 0.1) is 5.92 Å². The minimum Gasteiger partial charge on any atom is -0.396 e. The Morgan fingerprint density at radius 2 is 2.05 bits per heavy atom. The molecule has 0 amide bonds. The summed E-state index contributed by atoms with van der Waals surface area (Å²) in [7, 11) is 0. The molecule has 6 heteroatoms. The average molecular weight is 298 g/mol. The summed E-state index contributed by atoms with van der Waals surface area (Å²) in [5, 5.41) is 12.7. The zero-order chi connectivity index (χ0) is 15.5. The van der Waals surface area contributed by atoms with E-state index in [-0.39, 0.29) is 12.5 Å². The number of halogens is 3. The largest absolute Gasteiger partial charge is 0.416 e. The van der Waals surface area contributed by atoms with Crippen LogP contribution in [0.2, 0.25) is 0 Å². The standard InChI is InChI=1S/C15H17F3N2O/c1-10(5-7-21)9-20-13-4-6-19-14-8-11(15(16,17)18)2-3-12(13)14/h2-4,6,8,10,21H,5,7,9H2,1H3,(H,19,20). The van der Waals surface area contributed by atoms with Crippen LogP contribution < -0.4 is 5.32 Å². The number of nitrogens with zero attached hydrogens (tertiary/aromatic N) is 1. The lowest BCUT2D eigenvalue weighted by atomic mass is 10.1. The van der Waals surface area contributed by atoms with Crippen molar-refractivity contribution in [2.75, 3.05) is 18.5 Å². The Bertz CT molecular complexity index is 613. The second-order valence-electron chi connectivity index (χ2n) is 5.09. The van der Waals surface area contributed by atoms with Gasteiger partial charge >= 0.3 is 6.18 Å². The molecule has 2 aromatic rings. The van der Waals surface area contributed by atoms with E-state index in [0.717, 1.165) is 17.8 Å². The minimum absolute atomic E-state index is 0.120. The Kier molecular flexibility index (Phi) is 4.67. The van der Waals surface area contributed by atoms with E-state index in [1.807, 2.05) is 6.92 Å². The summed E-state index contributed by atoms with van der Waals surface area (Å²) in [6.45, 7) is 2.75. The predicted octanol–water partition coefficient (Wildman–Crippen LogP) is 3.68. The highest BCUT2D eigenvalue weighted by molar-refractivity contribution is 5.91. The maximum Gasteiger partial charge on any atom is 0.416 e. The molecular weight excluding hydrogens is 281 g/mol. The third kappa shape index (κ3) is 3.85. The number of hydrogen-bond acceptors (Lipinski definition) is 3. The molecule has 2 rings (SSSR count). The van der Waals surface area contributed by atoms with Crippen LogP contribution in [0.4, 0.5) is 18.9 Å². The van der Waals surface area contributed by atoms with Crippen molar-refractivity contribution in [2.45, 2.75) is 19.5 Å². The van der Waals surface area contributed by atoms with E-state index in [0.29, 0.717) is 23.9 Å². The smallest absolute Gasteiger partial charge is 0.396 e. The highest BCUT2D eigenvalue weighted by atomic mass is 19.4. The van der Waals surface area contributed by atoms with Crippen LogP contribution in [0.1, 0.15) is 18.9 Å². The third-order valence-electron chi connectivity index (χ3n) is 3.33. The number of hydrogen-bond donors (Lipinski definition) is 2. The minimum atomic E-state index is -4.37. The van der Waals surface area contributed by atoms with Crippen LogP contribution in [-0.2, 0) is 6.18 Å². The van der Waals surface area contributed by atoms with Crippen molar-refractivity contribution in [3.8, 4) is 0 Å². The summed E-state index contributed by atoms with van der Waals surface area (Å²) >= 11 is 0. The molecule has 114 valence electrons. The molecule has 0 fully saturated rings. The fraction of sp³-hybridized carbons (Fsp3) is 0.400. The number of aliphatic hydroxyl groups excluding tert-OH is 1. The van der Waals surface area contributed by atoms with Gasteiger partial charge in [0.1, 0.15) is 0 Å². The molecule has 0 aliphatic heterocycles. The normalized spacial score (nSPS) is 13.4. The first-order valence-corrected chi connectivity index (χ1v) is 6.72. The molecule has 0 spiro atoms. The highest BCUT2D eigenvalue weighted by Crippen LogP contribution is 2.32. The molecule has 1 aromatic carbocycles. The van der Waals surface area contributed by atoms with Gasteiger partial charge < -0.3 is 10.4 Å². The molecule has 21 heavy (non-hydrogen) atoms. The van der Waals surface area contributed by atoms with Crippen LogP contribution >= 0.6 is 0 Å². The first kappa shape index (κ1) is 15.6. The summed E-state index contributed by atoms with van der Waals surface area (Å²) in [6, 6.07) is 5.29. The summed E-state index contributed by atoms with van der Waals surface area (Å²) in [5.74, 6) is 0.271. The molecular formula is C15H17F3N2O. The number of alkyl halides is 3. The number of nitrogens with one attached hydrogen (secondary N) is 1. The number of aliphatic hydroxyl groups is 1. The molecule has 3 nitrogen and oxygen atoms in total. The molecule has 0 radical (unpaired) electrons. The number of pyridine rings is 1. The van der Waals surface area contributed by atoms with E-state index >= 15 is 0 Å². The van der Waals surface area contributed by atoms with Crippen molar-refractivity contribution in [3.05, 3.63) is 36.0 Å².